The molecule has 0 radical (unpaired) electrons. The first-order valence-corrected chi connectivity index (χ1v) is 5.62. The molecular formula is C10H21ClN2O2. The van der Waals surface area contributed by atoms with Gasteiger partial charge in [-0.15, -0.1) is 11.6 Å². The molecule has 1 amide bonds. The summed E-state index contributed by atoms with van der Waals surface area (Å²) in [6.45, 7) is 2.90. The van der Waals surface area contributed by atoms with Crippen LogP contribution < -0.4 is 0 Å². The van der Waals surface area contributed by atoms with Crippen LogP contribution in [-0.4, -0.2) is 69.0 Å². The van der Waals surface area contributed by atoms with Gasteiger partial charge in [-0.2, -0.15) is 0 Å². The van der Waals surface area contributed by atoms with Crippen molar-refractivity contribution in [3.8, 4) is 0 Å². The summed E-state index contributed by atoms with van der Waals surface area (Å²) in [5.41, 5.74) is 0. The normalized spacial score (nSPS) is 10.7. The highest BCUT2D eigenvalue weighted by molar-refractivity contribution is 6.27. The van der Waals surface area contributed by atoms with Crippen molar-refractivity contribution in [1.29, 1.82) is 0 Å². The SMILES string of the molecule is COCCN(CCCN(C)C)C(=O)CCl. The smallest absolute Gasteiger partial charge is 0.237 e. The maximum atomic E-state index is 11.4. The van der Waals surface area contributed by atoms with Gasteiger partial charge in [-0.1, -0.05) is 0 Å². The first-order chi connectivity index (χ1) is 7.11. The zero-order valence-electron chi connectivity index (χ0n) is 9.83. The van der Waals surface area contributed by atoms with Crippen molar-refractivity contribution in [2.75, 3.05) is 53.3 Å². The number of amides is 1. The summed E-state index contributed by atoms with van der Waals surface area (Å²) in [6, 6.07) is 0. The summed E-state index contributed by atoms with van der Waals surface area (Å²) in [4.78, 5) is 15.3. The number of rotatable bonds is 8. The number of hydrogen-bond acceptors (Lipinski definition) is 3. The Bertz CT molecular complexity index is 177. The molecule has 0 saturated heterocycles. The van der Waals surface area contributed by atoms with Crippen molar-refractivity contribution in [2.24, 2.45) is 0 Å². The minimum atomic E-state index is -0.0209. The molecule has 15 heavy (non-hydrogen) atoms. The number of hydrogen-bond donors (Lipinski definition) is 0. The van der Waals surface area contributed by atoms with Crippen LogP contribution >= 0.6 is 11.6 Å². The van der Waals surface area contributed by atoms with Crippen LogP contribution in [-0.2, 0) is 9.53 Å². The van der Waals surface area contributed by atoms with Gasteiger partial charge in [-0.05, 0) is 27.1 Å². The third-order valence-electron chi connectivity index (χ3n) is 2.07. The van der Waals surface area contributed by atoms with E-state index in [0.29, 0.717) is 13.2 Å². The zero-order valence-corrected chi connectivity index (χ0v) is 10.6. The number of carbonyl (C=O) groups is 1. The number of methoxy groups -OCH3 is 1. The molecule has 0 bridgehead atoms. The van der Waals surface area contributed by atoms with Crippen LogP contribution in [0.3, 0.4) is 0 Å². The minimum Gasteiger partial charge on any atom is -0.383 e. The maximum absolute atomic E-state index is 11.4. The zero-order chi connectivity index (χ0) is 11.7. The third-order valence-corrected chi connectivity index (χ3v) is 2.29. The van der Waals surface area contributed by atoms with Crippen LogP contribution in [0.15, 0.2) is 0 Å². The summed E-state index contributed by atoms with van der Waals surface area (Å²) in [5.74, 6) is 0.0264. The Hall–Kier alpha value is -0.320. The van der Waals surface area contributed by atoms with Gasteiger partial charge in [0.25, 0.3) is 0 Å². The molecule has 0 aliphatic carbocycles. The number of nitrogens with zero attached hydrogens (tertiary/aromatic N) is 2. The molecule has 0 aliphatic heterocycles. The molecule has 0 aliphatic rings. The maximum Gasteiger partial charge on any atom is 0.237 e. The second-order valence-electron chi connectivity index (χ2n) is 3.66. The average Bonchev–Trinajstić information content (AvgIpc) is 2.21. The first kappa shape index (κ1) is 14.7. The van der Waals surface area contributed by atoms with Gasteiger partial charge < -0.3 is 14.5 Å². The van der Waals surface area contributed by atoms with E-state index in [0.717, 1.165) is 19.5 Å². The summed E-state index contributed by atoms with van der Waals surface area (Å²) < 4.78 is 4.95. The topological polar surface area (TPSA) is 32.8 Å². The van der Waals surface area contributed by atoms with E-state index in [-0.39, 0.29) is 11.8 Å². The van der Waals surface area contributed by atoms with Gasteiger partial charge in [-0.3, -0.25) is 4.79 Å². The molecular weight excluding hydrogens is 216 g/mol. The molecule has 0 aromatic heterocycles. The number of alkyl halides is 1. The number of carbonyl (C=O) groups excluding carboxylic acids is 1. The fourth-order valence-corrected chi connectivity index (χ4v) is 1.39. The largest absolute Gasteiger partial charge is 0.383 e. The standard InChI is InChI=1S/C10H21ClN2O2/c1-12(2)5-4-6-13(7-8-15-3)10(14)9-11/h4-9H2,1-3H3. The Balaban J connectivity index is 3.84. The second-order valence-corrected chi connectivity index (χ2v) is 3.93. The highest BCUT2D eigenvalue weighted by Gasteiger charge is 2.11. The number of halogens is 1. The summed E-state index contributed by atoms with van der Waals surface area (Å²) in [5, 5.41) is 0. The van der Waals surface area contributed by atoms with Gasteiger partial charge in [-0.25, -0.2) is 0 Å². The van der Waals surface area contributed by atoms with Crippen LogP contribution in [0.1, 0.15) is 6.42 Å². The highest BCUT2D eigenvalue weighted by atomic mass is 35.5. The van der Waals surface area contributed by atoms with Gasteiger partial charge >= 0.3 is 0 Å². The van der Waals surface area contributed by atoms with Crippen LogP contribution in [0, 0.1) is 0 Å². The van der Waals surface area contributed by atoms with Crippen molar-refractivity contribution in [2.45, 2.75) is 6.42 Å². The van der Waals surface area contributed by atoms with Crippen molar-refractivity contribution in [1.82, 2.24) is 9.80 Å². The number of ether oxygens (including phenoxy) is 1. The lowest BCUT2D eigenvalue weighted by atomic mass is 10.3. The molecule has 0 heterocycles. The summed E-state index contributed by atoms with van der Waals surface area (Å²) >= 11 is 5.52. The molecule has 0 saturated carbocycles. The van der Waals surface area contributed by atoms with Crippen LogP contribution in [0.5, 0.6) is 0 Å². The molecule has 0 fully saturated rings. The van der Waals surface area contributed by atoms with Crippen molar-refractivity contribution >= 4 is 17.5 Å². The predicted molar refractivity (Wildman–Crippen MR) is 62.3 cm³/mol. The van der Waals surface area contributed by atoms with E-state index in [1.807, 2.05) is 14.1 Å². The highest BCUT2D eigenvalue weighted by Crippen LogP contribution is 1.96. The average molecular weight is 237 g/mol. The molecule has 0 spiro atoms. The fraction of sp³-hybridized carbons (Fsp3) is 0.900. The summed E-state index contributed by atoms with van der Waals surface area (Å²) in [7, 11) is 5.66. The Morgan fingerprint density at radius 3 is 2.40 bits per heavy atom. The van der Waals surface area contributed by atoms with E-state index in [9.17, 15) is 4.79 Å². The Morgan fingerprint density at radius 1 is 1.27 bits per heavy atom. The molecule has 0 unspecified atom stereocenters. The molecule has 0 aromatic carbocycles. The van der Waals surface area contributed by atoms with Gasteiger partial charge in [0.05, 0.1) is 6.61 Å². The lowest BCUT2D eigenvalue weighted by molar-refractivity contribution is -0.129. The van der Waals surface area contributed by atoms with Crippen molar-refractivity contribution < 1.29 is 9.53 Å². The molecule has 0 rings (SSSR count). The van der Waals surface area contributed by atoms with E-state index < -0.39 is 0 Å². The monoisotopic (exact) mass is 236 g/mol. The van der Waals surface area contributed by atoms with E-state index in [4.69, 9.17) is 16.3 Å². The van der Waals surface area contributed by atoms with Crippen molar-refractivity contribution in [3.05, 3.63) is 0 Å². The second kappa shape index (κ2) is 8.95. The van der Waals surface area contributed by atoms with Crippen LogP contribution in [0.4, 0.5) is 0 Å². The first-order valence-electron chi connectivity index (χ1n) is 5.09. The van der Waals surface area contributed by atoms with Crippen molar-refractivity contribution in [3.63, 3.8) is 0 Å². The molecule has 0 aromatic rings. The van der Waals surface area contributed by atoms with E-state index in [1.165, 1.54) is 0 Å². The van der Waals surface area contributed by atoms with Gasteiger partial charge in [0.2, 0.25) is 5.91 Å². The van der Waals surface area contributed by atoms with Crippen LogP contribution in [0.2, 0.25) is 0 Å². The minimum absolute atomic E-state index is 0.0209. The van der Waals surface area contributed by atoms with E-state index >= 15 is 0 Å². The van der Waals surface area contributed by atoms with Crippen LogP contribution in [0.25, 0.3) is 0 Å². The van der Waals surface area contributed by atoms with Gasteiger partial charge in [0.15, 0.2) is 0 Å². The molecule has 5 heteroatoms. The van der Waals surface area contributed by atoms with Gasteiger partial charge in [0, 0.05) is 20.2 Å². The van der Waals surface area contributed by atoms with Gasteiger partial charge in [0.1, 0.15) is 5.88 Å². The molecule has 90 valence electrons. The molecule has 4 nitrogen and oxygen atoms in total. The quantitative estimate of drug-likeness (QED) is 0.581. The Labute approximate surface area is 97.1 Å². The fourth-order valence-electron chi connectivity index (χ4n) is 1.22. The lowest BCUT2D eigenvalue weighted by Crippen LogP contribution is -2.36. The predicted octanol–water partition coefficient (Wildman–Crippen LogP) is 0.652. The Kier molecular flexibility index (Phi) is 8.76. The molecule has 0 atom stereocenters. The van der Waals surface area contributed by atoms with E-state index in [2.05, 4.69) is 4.90 Å². The van der Waals surface area contributed by atoms with E-state index in [1.54, 1.807) is 12.0 Å². The summed E-state index contributed by atoms with van der Waals surface area (Å²) in [6.07, 6.45) is 0.958. The lowest BCUT2D eigenvalue weighted by Gasteiger charge is -2.22. The third kappa shape index (κ3) is 7.59. The Morgan fingerprint density at radius 2 is 1.93 bits per heavy atom. The molecule has 0 N–H and O–H groups in total.